The average molecular weight is 302 g/mol. The minimum atomic E-state index is 0.187. The van der Waals surface area contributed by atoms with Crippen molar-refractivity contribution in [3.05, 3.63) is 33.8 Å². The summed E-state index contributed by atoms with van der Waals surface area (Å²) < 4.78 is 5.97. The van der Waals surface area contributed by atoms with E-state index in [1.165, 1.54) is 12.8 Å². The second-order valence-corrected chi connectivity index (χ2v) is 5.78. The zero-order valence-electron chi connectivity index (χ0n) is 11.5. The predicted molar refractivity (Wildman–Crippen MR) is 81.0 cm³/mol. The fourth-order valence-corrected chi connectivity index (χ4v) is 2.78. The zero-order valence-corrected chi connectivity index (χ0v) is 13.0. The summed E-state index contributed by atoms with van der Waals surface area (Å²) >= 11 is 12.1. The van der Waals surface area contributed by atoms with Gasteiger partial charge in [-0.15, -0.1) is 0 Å². The van der Waals surface area contributed by atoms with Crippen LogP contribution in [0.15, 0.2) is 18.2 Å². The van der Waals surface area contributed by atoms with Crippen LogP contribution in [0.3, 0.4) is 0 Å². The molecular weight excluding hydrogens is 281 g/mol. The summed E-state index contributed by atoms with van der Waals surface area (Å²) in [5.41, 5.74) is 1.15. The monoisotopic (exact) mass is 301 g/mol. The summed E-state index contributed by atoms with van der Waals surface area (Å²) in [7, 11) is 0. The molecule has 2 nitrogen and oxygen atoms in total. The van der Waals surface area contributed by atoms with Gasteiger partial charge in [0.2, 0.25) is 0 Å². The van der Waals surface area contributed by atoms with Gasteiger partial charge in [-0.05, 0) is 49.9 Å². The Kier molecular flexibility index (Phi) is 5.52. The Bertz CT molecular complexity index is 421. The molecule has 4 heteroatoms. The number of ether oxygens (including phenoxy) is 1. The van der Waals surface area contributed by atoms with Crippen molar-refractivity contribution < 1.29 is 4.74 Å². The molecule has 1 aromatic carbocycles. The Balaban J connectivity index is 2.23. The van der Waals surface area contributed by atoms with Crippen molar-refractivity contribution in [3.63, 3.8) is 0 Å². The highest BCUT2D eigenvalue weighted by Gasteiger charge is 2.37. The molecule has 0 amide bonds. The van der Waals surface area contributed by atoms with Crippen LogP contribution in [0, 0.1) is 5.92 Å². The van der Waals surface area contributed by atoms with Crippen LogP contribution in [0.1, 0.15) is 38.3 Å². The number of hydrogen-bond donors (Lipinski definition) is 1. The van der Waals surface area contributed by atoms with Crippen molar-refractivity contribution in [2.45, 2.75) is 38.8 Å². The number of halogens is 2. The van der Waals surface area contributed by atoms with Gasteiger partial charge in [0.25, 0.3) is 0 Å². The molecule has 2 unspecified atom stereocenters. The van der Waals surface area contributed by atoms with Crippen molar-refractivity contribution in [3.8, 4) is 0 Å². The normalized spacial score (nSPS) is 18.3. The predicted octanol–water partition coefficient (Wildman–Crippen LogP) is 4.46. The lowest BCUT2D eigenvalue weighted by Crippen LogP contribution is -2.35. The van der Waals surface area contributed by atoms with Crippen LogP contribution in [0.5, 0.6) is 0 Å². The van der Waals surface area contributed by atoms with Gasteiger partial charge < -0.3 is 10.1 Å². The molecule has 1 N–H and O–H groups in total. The summed E-state index contributed by atoms with van der Waals surface area (Å²) in [6.07, 6.45) is 2.74. The van der Waals surface area contributed by atoms with Crippen LogP contribution in [0.4, 0.5) is 0 Å². The van der Waals surface area contributed by atoms with E-state index in [9.17, 15) is 0 Å². The Morgan fingerprint density at radius 3 is 2.53 bits per heavy atom. The van der Waals surface area contributed by atoms with Gasteiger partial charge >= 0.3 is 0 Å². The third kappa shape index (κ3) is 3.85. The van der Waals surface area contributed by atoms with Crippen molar-refractivity contribution in [1.29, 1.82) is 0 Å². The lowest BCUT2D eigenvalue weighted by Gasteiger charge is -2.28. The molecule has 1 fully saturated rings. The fourth-order valence-electron chi connectivity index (χ4n) is 2.47. The molecule has 2 rings (SSSR count). The number of hydrogen-bond acceptors (Lipinski definition) is 2. The number of nitrogens with one attached hydrogen (secondary N) is 1. The molecule has 1 aromatic rings. The molecule has 1 saturated carbocycles. The van der Waals surface area contributed by atoms with E-state index in [2.05, 4.69) is 12.2 Å². The molecule has 19 heavy (non-hydrogen) atoms. The van der Waals surface area contributed by atoms with Crippen LogP contribution < -0.4 is 5.32 Å². The molecular formula is C15H21Cl2NO. The molecule has 1 aliphatic rings. The number of likely N-dealkylation sites (N-methyl/N-ethyl adjacent to an activating group) is 1. The van der Waals surface area contributed by atoms with E-state index in [1.54, 1.807) is 0 Å². The zero-order chi connectivity index (χ0) is 13.8. The largest absolute Gasteiger partial charge is 0.376 e. The van der Waals surface area contributed by atoms with Gasteiger partial charge in [-0.2, -0.15) is 0 Å². The average Bonchev–Trinajstić information content (AvgIpc) is 3.21. The lowest BCUT2D eigenvalue weighted by atomic mass is 9.98. The standard InChI is InChI=1S/C15H21Cl2NO/c1-3-18-14(15(19-4-2)10-5-6-10)11-7-8-12(16)13(17)9-11/h7-10,14-15,18H,3-6H2,1-2H3. The summed E-state index contributed by atoms with van der Waals surface area (Å²) in [4.78, 5) is 0. The van der Waals surface area contributed by atoms with E-state index in [0.29, 0.717) is 16.0 Å². The smallest absolute Gasteiger partial charge is 0.0797 e. The van der Waals surface area contributed by atoms with Gasteiger partial charge in [-0.25, -0.2) is 0 Å². The maximum atomic E-state index is 6.13. The van der Waals surface area contributed by atoms with Crippen LogP contribution in [-0.2, 0) is 4.74 Å². The first kappa shape index (κ1) is 15.1. The Morgan fingerprint density at radius 2 is 2.00 bits per heavy atom. The number of rotatable bonds is 7. The molecule has 0 saturated heterocycles. The Hall–Kier alpha value is -0.280. The number of benzene rings is 1. The molecule has 106 valence electrons. The van der Waals surface area contributed by atoms with E-state index in [-0.39, 0.29) is 12.1 Å². The topological polar surface area (TPSA) is 21.3 Å². The summed E-state index contributed by atoms with van der Waals surface area (Å²) in [6.45, 7) is 5.80. The van der Waals surface area contributed by atoms with Gasteiger partial charge in [-0.3, -0.25) is 0 Å². The van der Waals surface area contributed by atoms with Gasteiger partial charge in [0.15, 0.2) is 0 Å². The maximum Gasteiger partial charge on any atom is 0.0797 e. The second-order valence-electron chi connectivity index (χ2n) is 4.97. The first-order valence-electron chi connectivity index (χ1n) is 6.97. The summed E-state index contributed by atoms with van der Waals surface area (Å²) in [5, 5.41) is 4.73. The second kappa shape index (κ2) is 6.94. The van der Waals surface area contributed by atoms with Gasteiger partial charge in [0, 0.05) is 6.61 Å². The quantitative estimate of drug-likeness (QED) is 0.803. The fraction of sp³-hybridized carbons (Fsp3) is 0.600. The minimum absolute atomic E-state index is 0.187. The molecule has 1 aliphatic carbocycles. The van der Waals surface area contributed by atoms with Gasteiger partial charge in [0.05, 0.1) is 22.2 Å². The molecule has 0 bridgehead atoms. The van der Waals surface area contributed by atoms with Crippen molar-refractivity contribution >= 4 is 23.2 Å². The van der Waals surface area contributed by atoms with Crippen molar-refractivity contribution in [1.82, 2.24) is 5.32 Å². The van der Waals surface area contributed by atoms with Gasteiger partial charge in [0.1, 0.15) is 0 Å². The van der Waals surface area contributed by atoms with Crippen molar-refractivity contribution in [2.24, 2.45) is 5.92 Å². The first-order chi connectivity index (χ1) is 9.17. The third-order valence-corrected chi connectivity index (χ3v) is 4.24. The van der Waals surface area contributed by atoms with E-state index >= 15 is 0 Å². The molecule has 2 atom stereocenters. The Labute approximate surface area is 125 Å². The highest BCUT2D eigenvalue weighted by Crippen LogP contribution is 2.40. The lowest BCUT2D eigenvalue weighted by molar-refractivity contribution is 0.0189. The van der Waals surface area contributed by atoms with E-state index in [4.69, 9.17) is 27.9 Å². The highest BCUT2D eigenvalue weighted by atomic mass is 35.5. The van der Waals surface area contributed by atoms with Crippen LogP contribution >= 0.6 is 23.2 Å². The molecule has 0 heterocycles. The SMILES string of the molecule is CCNC(c1ccc(Cl)c(Cl)c1)C(OCC)C1CC1. The Morgan fingerprint density at radius 1 is 1.26 bits per heavy atom. The summed E-state index contributed by atoms with van der Waals surface area (Å²) in [6, 6.07) is 6.04. The minimum Gasteiger partial charge on any atom is -0.376 e. The van der Waals surface area contributed by atoms with Crippen LogP contribution in [0.2, 0.25) is 10.0 Å². The van der Waals surface area contributed by atoms with Gasteiger partial charge in [-0.1, -0.05) is 36.2 Å². The molecule has 0 aromatic heterocycles. The maximum absolute atomic E-state index is 6.13. The van der Waals surface area contributed by atoms with E-state index in [0.717, 1.165) is 18.7 Å². The molecule has 0 aliphatic heterocycles. The first-order valence-corrected chi connectivity index (χ1v) is 7.72. The van der Waals surface area contributed by atoms with Crippen molar-refractivity contribution in [2.75, 3.05) is 13.2 Å². The highest BCUT2D eigenvalue weighted by molar-refractivity contribution is 6.42. The molecule has 0 radical (unpaired) electrons. The van der Waals surface area contributed by atoms with E-state index in [1.807, 2.05) is 25.1 Å². The van der Waals surface area contributed by atoms with E-state index < -0.39 is 0 Å². The third-order valence-electron chi connectivity index (χ3n) is 3.50. The summed E-state index contributed by atoms with van der Waals surface area (Å²) in [5.74, 6) is 0.665. The van der Waals surface area contributed by atoms with Crippen LogP contribution in [0.25, 0.3) is 0 Å². The van der Waals surface area contributed by atoms with Crippen LogP contribution in [-0.4, -0.2) is 19.3 Å². The molecule has 0 spiro atoms.